The average Bonchev–Trinajstić information content (AvgIpc) is 3.64. The van der Waals surface area contributed by atoms with Crippen molar-refractivity contribution in [2.24, 2.45) is 0 Å². The molecule has 1 saturated heterocycles. The van der Waals surface area contributed by atoms with E-state index >= 15 is 0 Å². The van der Waals surface area contributed by atoms with Crippen molar-refractivity contribution < 1.29 is 29.0 Å². The molecule has 2 aliphatic rings. The Morgan fingerprint density at radius 2 is 1.43 bits per heavy atom. The van der Waals surface area contributed by atoms with Gasteiger partial charge in [0.05, 0.1) is 12.1 Å². The van der Waals surface area contributed by atoms with E-state index < -0.39 is 42.1 Å². The van der Waals surface area contributed by atoms with E-state index in [0.717, 1.165) is 33.4 Å². The first-order chi connectivity index (χ1) is 23.5. The first-order valence-corrected chi connectivity index (χ1v) is 16.8. The Kier molecular flexibility index (Phi) is 9.74. The molecule has 49 heavy (non-hydrogen) atoms. The van der Waals surface area contributed by atoms with E-state index in [9.17, 15) is 19.5 Å². The number of aliphatic hydroxyl groups excluding tert-OH is 1. The van der Waals surface area contributed by atoms with Crippen LogP contribution >= 0.6 is 0 Å². The van der Waals surface area contributed by atoms with Crippen LogP contribution in [0.1, 0.15) is 75.0 Å². The zero-order valence-corrected chi connectivity index (χ0v) is 28.3. The number of ether oxygens (including phenoxy) is 2. The molecule has 1 aliphatic heterocycles. The fourth-order valence-corrected chi connectivity index (χ4v) is 6.76. The van der Waals surface area contributed by atoms with Gasteiger partial charge in [-0.3, -0.25) is 9.69 Å². The molecule has 1 fully saturated rings. The molecule has 9 nitrogen and oxygen atoms in total. The van der Waals surface area contributed by atoms with Gasteiger partial charge in [0, 0.05) is 22.9 Å². The molecular weight excluding hydrogens is 618 g/mol. The molecule has 1 heterocycles. The number of fused-ring (bicyclic) bond motifs is 3. The van der Waals surface area contributed by atoms with Gasteiger partial charge in [-0.2, -0.15) is 0 Å². The SMILES string of the molecule is C[C@H](NC(=O)OC1c2ccccc2-c2ccccc21)C(=O)Nc1ccc(C[C@@H]2CC[C@H]([C@H](O)c3ccccc3)N2C(=O)OC(C)(C)C)cc1. The minimum absolute atomic E-state index is 0.173. The average molecular weight is 662 g/mol. The van der Waals surface area contributed by atoms with Gasteiger partial charge in [-0.25, -0.2) is 9.59 Å². The first-order valence-electron chi connectivity index (χ1n) is 16.8. The fraction of sp³-hybridized carbons (Fsp3) is 0.325. The summed E-state index contributed by atoms with van der Waals surface area (Å²) in [5.41, 5.74) is 5.49. The summed E-state index contributed by atoms with van der Waals surface area (Å²) >= 11 is 0. The topological polar surface area (TPSA) is 117 Å². The molecule has 9 heteroatoms. The van der Waals surface area contributed by atoms with E-state index in [1.165, 1.54) is 0 Å². The van der Waals surface area contributed by atoms with Crippen molar-refractivity contribution in [2.45, 2.75) is 82.9 Å². The zero-order valence-electron chi connectivity index (χ0n) is 28.3. The lowest BCUT2D eigenvalue weighted by atomic mass is 10.0. The number of rotatable bonds is 8. The molecule has 0 bridgehead atoms. The third-order valence-electron chi connectivity index (χ3n) is 9.08. The first kappa shape index (κ1) is 33.7. The van der Waals surface area contributed by atoms with Gasteiger partial charge in [0.2, 0.25) is 5.91 Å². The van der Waals surface area contributed by atoms with Crippen LogP contribution in [-0.2, 0) is 20.7 Å². The number of aliphatic hydroxyl groups is 1. The number of amides is 3. The Hall–Kier alpha value is -5.15. The standard InChI is InChI=1S/C40H43N3O6/c1-25(41-38(46)48-36-32-16-10-8-14-30(32)31-15-9-11-17-33(31)36)37(45)42-28-20-18-26(19-21-28)24-29-22-23-34(35(44)27-12-6-5-7-13-27)43(29)39(47)49-40(2,3)4/h5-21,25,29,34-36,44H,22-24H2,1-4H3,(H,41,46)(H,42,45)/t25-,29-,34+,35+/m0/s1. The van der Waals surface area contributed by atoms with Crippen molar-refractivity contribution in [3.05, 3.63) is 125 Å². The molecule has 4 aromatic carbocycles. The van der Waals surface area contributed by atoms with Gasteiger partial charge in [0.25, 0.3) is 0 Å². The highest BCUT2D eigenvalue weighted by atomic mass is 16.6. The van der Waals surface area contributed by atoms with Crippen LogP contribution in [0.4, 0.5) is 15.3 Å². The molecule has 4 atom stereocenters. The molecule has 0 radical (unpaired) electrons. The van der Waals surface area contributed by atoms with Crippen LogP contribution in [-0.4, -0.2) is 51.8 Å². The van der Waals surface area contributed by atoms with Crippen LogP contribution in [0.25, 0.3) is 11.1 Å². The van der Waals surface area contributed by atoms with Crippen molar-refractivity contribution in [1.29, 1.82) is 0 Å². The normalized spacial score (nSPS) is 18.2. The molecule has 4 aromatic rings. The molecule has 0 saturated carbocycles. The smallest absolute Gasteiger partial charge is 0.410 e. The highest BCUT2D eigenvalue weighted by Gasteiger charge is 2.43. The lowest BCUT2D eigenvalue weighted by Gasteiger charge is -2.35. The zero-order chi connectivity index (χ0) is 34.7. The molecular formula is C40H43N3O6. The summed E-state index contributed by atoms with van der Waals surface area (Å²) in [4.78, 5) is 41.1. The summed E-state index contributed by atoms with van der Waals surface area (Å²) in [5.74, 6) is -0.387. The third kappa shape index (κ3) is 7.62. The maximum Gasteiger partial charge on any atom is 0.410 e. The minimum atomic E-state index is -0.854. The Balaban J connectivity index is 1.06. The maximum absolute atomic E-state index is 13.4. The van der Waals surface area contributed by atoms with E-state index in [2.05, 4.69) is 10.6 Å². The third-order valence-corrected chi connectivity index (χ3v) is 9.08. The second-order valence-corrected chi connectivity index (χ2v) is 13.8. The van der Waals surface area contributed by atoms with Crippen LogP contribution in [0.15, 0.2) is 103 Å². The summed E-state index contributed by atoms with van der Waals surface area (Å²) in [5, 5.41) is 16.8. The van der Waals surface area contributed by atoms with Crippen LogP contribution < -0.4 is 10.6 Å². The number of carbonyl (C=O) groups excluding carboxylic acids is 3. The number of anilines is 1. The van der Waals surface area contributed by atoms with Crippen LogP contribution in [0.5, 0.6) is 0 Å². The summed E-state index contributed by atoms with van der Waals surface area (Å²) in [6.07, 6.45) is -0.614. The largest absolute Gasteiger partial charge is 0.444 e. The number of likely N-dealkylation sites (tertiary alicyclic amines) is 1. The Bertz CT molecular complexity index is 1760. The summed E-state index contributed by atoms with van der Waals surface area (Å²) in [6.45, 7) is 7.10. The highest BCUT2D eigenvalue weighted by molar-refractivity contribution is 5.96. The lowest BCUT2D eigenvalue weighted by Crippen LogP contribution is -2.47. The van der Waals surface area contributed by atoms with Gasteiger partial charge < -0.3 is 25.2 Å². The summed E-state index contributed by atoms with van der Waals surface area (Å²) in [6, 6.07) is 31.0. The van der Waals surface area contributed by atoms with Crippen molar-refractivity contribution in [3.63, 3.8) is 0 Å². The number of benzene rings is 4. The maximum atomic E-state index is 13.4. The lowest BCUT2D eigenvalue weighted by molar-refractivity contribution is -0.117. The number of carbonyl (C=O) groups is 3. The number of hydrogen-bond donors (Lipinski definition) is 3. The molecule has 254 valence electrons. The van der Waals surface area contributed by atoms with Crippen molar-refractivity contribution in [3.8, 4) is 11.1 Å². The molecule has 0 unspecified atom stereocenters. The summed E-state index contributed by atoms with van der Waals surface area (Å²) < 4.78 is 11.6. The van der Waals surface area contributed by atoms with Crippen LogP contribution in [0, 0.1) is 0 Å². The van der Waals surface area contributed by atoms with Crippen molar-refractivity contribution in [1.82, 2.24) is 10.2 Å². The number of hydrogen-bond acceptors (Lipinski definition) is 6. The molecule has 0 spiro atoms. The Labute approximate surface area is 287 Å². The van der Waals surface area contributed by atoms with Gasteiger partial charge in [-0.15, -0.1) is 0 Å². The second-order valence-electron chi connectivity index (χ2n) is 13.8. The van der Waals surface area contributed by atoms with E-state index in [4.69, 9.17) is 9.47 Å². The second kappa shape index (κ2) is 14.1. The summed E-state index contributed by atoms with van der Waals surface area (Å²) in [7, 11) is 0. The Morgan fingerprint density at radius 1 is 0.837 bits per heavy atom. The minimum Gasteiger partial charge on any atom is -0.444 e. The van der Waals surface area contributed by atoms with Gasteiger partial charge in [-0.1, -0.05) is 91.0 Å². The van der Waals surface area contributed by atoms with Crippen molar-refractivity contribution >= 4 is 23.8 Å². The molecule has 6 rings (SSSR count). The van der Waals surface area contributed by atoms with E-state index in [1.54, 1.807) is 24.0 Å². The van der Waals surface area contributed by atoms with Gasteiger partial charge >= 0.3 is 12.2 Å². The van der Waals surface area contributed by atoms with Crippen LogP contribution in [0.2, 0.25) is 0 Å². The Morgan fingerprint density at radius 3 is 2.04 bits per heavy atom. The molecule has 3 amide bonds. The predicted octanol–water partition coefficient (Wildman–Crippen LogP) is 7.55. The number of nitrogens with zero attached hydrogens (tertiary/aromatic N) is 1. The quantitative estimate of drug-likeness (QED) is 0.180. The molecule has 0 aromatic heterocycles. The fourth-order valence-electron chi connectivity index (χ4n) is 6.76. The van der Waals surface area contributed by atoms with E-state index in [-0.39, 0.29) is 11.9 Å². The van der Waals surface area contributed by atoms with E-state index in [1.807, 2.05) is 112 Å². The monoisotopic (exact) mass is 661 g/mol. The highest BCUT2D eigenvalue weighted by Crippen LogP contribution is 2.45. The van der Waals surface area contributed by atoms with Crippen LogP contribution in [0.3, 0.4) is 0 Å². The van der Waals surface area contributed by atoms with Crippen molar-refractivity contribution in [2.75, 3.05) is 5.32 Å². The van der Waals surface area contributed by atoms with Gasteiger partial charge in [0.15, 0.2) is 6.10 Å². The predicted molar refractivity (Wildman–Crippen MR) is 188 cm³/mol. The molecule has 1 aliphatic carbocycles. The number of nitrogens with one attached hydrogen (secondary N) is 2. The molecule has 3 N–H and O–H groups in total. The van der Waals surface area contributed by atoms with Gasteiger partial charge in [0.1, 0.15) is 11.6 Å². The van der Waals surface area contributed by atoms with E-state index in [0.29, 0.717) is 24.9 Å². The van der Waals surface area contributed by atoms with Gasteiger partial charge in [-0.05, 0) is 81.3 Å². The number of alkyl carbamates (subject to hydrolysis) is 1.